The van der Waals surface area contributed by atoms with Gasteiger partial charge in [0.25, 0.3) is 11.8 Å². The number of esters is 2. The number of nitrogens with two attached hydrogens (primary N) is 1. The number of thiazole rings is 1. The number of β-lactam (4-membered cyclic amide) rings is 1. The van der Waals surface area contributed by atoms with E-state index in [2.05, 4.69) is 15.5 Å². The molecule has 4 rings (SSSR count). The monoisotopic (exact) mass is 577 g/mol. The fraction of sp³-hybridized carbons (Fsp3) is 0.520. The highest BCUT2D eigenvalue weighted by molar-refractivity contribution is 8.00. The molecule has 1 aromatic heterocycles. The van der Waals surface area contributed by atoms with Crippen LogP contribution in [0.15, 0.2) is 34.0 Å². The summed E-state index contributed by atoms with van der Waals surface area (Å²) < 4.78 is 10.2. The van der Waals surface area contributed by atoms with E-state index in [1.54, 1.807) is 45.2 Å². The maximum Gasteiger partial charge on any atom is 0.358 e. The molecule has 12 nitrogen and oxygen atoms in total. The van der Waals surface area contributed by atoms with Crippen LogP contribution in [0.2, 0.25) is 0 Å². The maximum absolute atomic E-state index is 13.2. The number of aromatic nitrogens is 1. The van der Waals surface area contributed by atoms with Crippen LogP contribution in [0.5, 0.6) is 0 Å². The van der Waals surface area contributed by atoms with Gasteiger partial charge in [0.2, 0.25) is 6.79 Å². The molecule has 39 heavy (non-hydrogen) atoms. The van der Waals surface area contributed by atoms with Crippen molar-refractivity contribution in [3.8, 4) is 0 Å². The third-order valence-electron chi connectivity index (χ3n) is 5.98. The molecule has 14 heteroatoms. The molecule has 2 aliphatic heterocycles. The first kappa shape index (κ1) is 28.6. The summed E-state index contributed by atoms with van der Waals surface area (Å²) in [6.45, 7) is 6.63. The molecule has 3 heterocycles. The van der Waals surface area contributed by atoms with E-state index in [4.69, 9.17) is 20.0 Å². The molecule has 210 valence electrons. The van der Waals surface area contributed by atoms with E-state index in [-0.39, 0.29) is 22.2 Å². The standard InChI is InChI=1S/C25H31N5O7S2/c1-5-6-14-10-38-21-17(20(32)30(21)18(14)22(33)35-12-36-23(34)25(2,3)4)28-19(31)16(15-11-39-24(26)27-15)29-37-9-13-7-8-13/h5-6,11,13,17,21H,7-10,12H2,1-4H3,(H2,26,27)(H,28,31)/b6-5-,29-16-/t17-,21+/m1/s1. The van der Waals surface area contributed by atoms with Crippen molar-refractivity contribution < 1.29 is 33.5 Å². The molecule has 2 atom stereocenters. The number of carbonyl (C=O) groups excluding carboxylic acids is 4. The largest absolute Gasteiger partial charge is 0.427 e. The fourth-order valence-corrected chi connectivity index (χ4v) is 5.55. The van der Waals surface area contributed by atoms with Crippen LogP contribution in [0.3, 0.4) is 0 Å². The second-order valence-corrected chi connectivity index (χ2v) is 12.2. The van der Waals surface area contributed by atoms with Gasteiger partial charge in [0.15, 0.2) is 10.8 Å². The van der Waals surface area contributed by atoms with Gasteiger partial charge >= 0.3 is 11.9 Å². The molecule has 2 fully saturated rings. The highest BCUT2D eigenvalue weighted by atomic mass is 32.2. The van der Waals surface area contributed by atoms with E-state index >= 15 is 0 Å². The van der Waals surface area contributed by atoms with Crippen LogP contribution < -0.4 is 11.1 Å². The van der Waals surface area contributed by atoms with Gasteiger partial charge in [0.05, 0.1) is 5.41 Å². The van der Waals surface area contributed by atoms with Gasteiger partial charge in [0, 0.05) is 11.1 Å². The number of amides is 2. The Morgan fingerprint density at radius 2 is 2.03 bits per heavy atom. The quantitative estimate of drug-likeness (QED) is 0.139. The first-order valence-electron chi connectivity index (χ1n) is 12.4. The Hall–Kier alpha value is -3.39. The first-order chi connectivity index (χ1) is 18.5. The van der Waals surface area contributed by atoms with Crippen molar-refractivity contribution in [1.82, 2.24) is 15.2 Å². The van der Waals surface area contributed by atoms with Gasteiger partial charge in [-0.3, -0.25) is 19.3 Å². The number of oxime groups is 1. The summed E-state index contributed by atoms with van der Waals surface area (Å²) in [5, 5.41) is 8.01. The van der Waals surface area contributed by atoms with Crippen LogP contribution in [0.1, 0.15) is 46.2 Å². The highest BCUT2D eigenvalue weighted by Gasteiger charge is 2.54. The van der Waals surface area contributed by atoms with Gasteiger partial charge in [0.1, 0.15) is 29.4 Å². The Morgan fingerprint density at radius 3 is 2.64 bits per heavy atom. The molecule has 0 bridgehead atoms. The third-order valence-corrected chi connectivity index (χ3v) is 7.96. The zero-order valence-corrected chi connectivity index (χ0v) is 23.7. The second-order valence-electron chi connectivity index (χ2n) is 10.2. The van der Waals surface area contributed by atoms with E-state index < -0.39 is 47.4 Å². The van der Waals surface area contributed by atoms with Crippen molar-refractivity contribution in [2.75, 3.05) is 24.9 Å². The van der Waals surface area contributed by atoms with Gasteiger partial charge in [-0.15, -0.1) is 23.1 Å². The minimum absolute atomic E-state index is 0.0492. The van der Waals surface area contributed by atoms with Gasteiger partial charge in [-0.05, 0) is 52.0 Å². The summed E-state index contributed by atoms with van der Waals surface area (Å²) in [7, 11) is 0. The normalized spacial score (nSPS) is 21.4. The molecule has 0 unspecified atom stereocenters. The second kappa shape index (κ2) is 11.8. The topological polar surface area (TPSA) is 163 Å². The lowest BCUT2D eigenvalue weighted by atomic mass is 9.98. The smallest absolute Gasteiger partial charge is 0.358 e. The summed E-state index contributed by atoms with van der Waals surface area (Å²) in [6.07, 6.45) is 5.57. The Morgan fingerprint density at radius 1 is 1.28 bits per heavy atom. The van der Waals surface area contributed by atoms with Crippen molar-refractivity contribution >= 4 is 57.7 Å². The summed E-state index contributed by atoms with van der Waals surface area (Å²) in [5.74, 6) is -1.65. The molecule has 3 N–H and O–H groups in total. The number of hydrogen-bond donors (Lipinski definition) is 2. The Bertz CT molecular complexity index is 1250. The van der Waals surface area contributed by atoms with Gasteiger partial charge < -0.3 is 25.4 Å². The lowest BCUT2D eigenvalue weighted by Crippen LogP contribution is -2.71. The molecular weight excluding hydrogens is 546 g/mol. The predicted octanol–water partition coefficient (Wildman–Crippen LogP) is 2.18. The highest BCUT2D eigenvalue weighted by Crippen LogP contribution is 2.41. The molecule has 1 saturated heterocycles. The van der Waals surface area contributed by atoms with Crippen LogP contribution >= 0.6 is 23.1 Å². The van der Waals surface area contributed by atoms with Crippen LogP contribution in [0, 0.1) is 11.3 Å². The zero-order chi connectivity index (χ0) is 28.3. The molecular formula is C25H31N5O7S2. The van der Waals surface area contributed by atoms with Gasteiger partial charge in [-0.2, -0.15) is 0 Å². The van der Waals surface area contributed by atoms with Crippen molar-refractivity contribution in [2.45, 2.75) is 52.0 Å². The molecule has 1 aliphatic carbocycles. The number of thioether (sulfide) groups is 1. The molecule has 0 radical (unpaired) electrons. The third kappa shape index (κ3) is 6.61. The van der Waals surface area contributed by atoms with E-state index in [1.165, 1.54) is 16.7 Å². The van der Waals surface area contributed by atoms with Crippen molar-refractivity contribution in [1.29, 1.82) is 0 Å². The first-order valence-corrected chi connectivity index (χ1v) is 14.3. The Kier molecular flexibility index (Phi) is 8.64. The van der Waals surface area contributed by atoms with Crippen molar-refractivity contribution in [3.63, 3.8) is 0 Å². The molecule has 2 amide bonds. The van der Waals surface area contributed by atoms with Gasteiger partial charge in [-0.25, -0.2) is 9.78 Å². The summed E-state index contributed by atoms with van der Waals surface area (Å²) in [6, 6.07) is -0.916. The average molecular weight is 578 g/mol. The molecule has 1 aromatic rings. The van der Waals surface area contributed by atoms with E-state index in [1.807, 2.05) is 0 Å². The lowest BCUT2D eigenvalue weighted by molar-refractivity contribution is -0.173. The number of fused-ring (bicyclic) bond motifs is 1. The van der Waals surface area contributed by atoms with Crippen molar-refractivity contribution in [2.24, 2.45) is 16.5 Å². The summed E-state index contributed by atoms with van der Waals surface area (Å²) in [4.78, 5) is 62.2. The zero-order valence-electron chi connectivity index (χ0n) is 22.1. The number of nitrogens with one attached hydrogen (secondary N) is 1. The minimum Gasteiger partial charge on any atom is -0.427 e. The molecule has 0 aromatic carbocycles. The maximum atomic E-state index is 13.2. The minimum atomic E-state index is -0.916. The Labute approximate surface area is 234 Å². The number of ether oxygens (including phenoxy) is 2. The number of nitrogens with zero attached hydrogens (tertiary/aromatic N) is 3. The predicted molar refractivity (Wildman–Crippen MR) is 145 cm³/mol. The van der Waals surface area contributed by atoms with Crippen molar-refractivity contribution in [3.05, 3.63) is 34.5 Å². The van der Waals surface area contributed by atoms with Crippen LogP contribution in [-0.4, -0.2) is 69.9 Å². The van der Waals surface area contributed by atoms with Crippen LogP contribution in [-0.2, 0) is 33.5 Å². The molecule has 0 spiro atoms. The summed E-state index contributed by atoms with van der Waals surface area (Å²) in [5.41, 5.74) is 5.77. The number of anilines is 1. The lowest BCUT2D eigenvalue weighted by Gasteiger charge is -2.49. The number of allylic oxidation sites excluding steroid dienone is 2. The number of nitrogen functional groups attached to an aromatic ring is 1. The van der Waals surface area contributed by atoms with Crippen LogP contribution in [0.25, 0.3) is 0 Å². The number of hydrogen-bond acceptors (Lipinski definition) is 12. The molecule has 1 saturated carbocycles. The number of carbonyl (C=O) groups is 4. The van der Waals surface area contributed by atoms with E-state index in [0.717, 1.165) is 24.2 Å². The fourth-order valence-electron chi connectivity index (χ4n) is 3.68. The number of rotatable bonds is 10. The van der Waals surface area contributed by atoms with E-state index in [9.17, 15) is 19.2 Å². The summed E-state index contributed by atoms with van der Waals surface area (Å²) >= 11 is 2.55. The molecule has 3 aliphatic rings. The SMILES string of the molecule is C/C=C\C1=C(C(=O)OCOC(=O)C(C)(C)C)N2C(=O)[C@@H](NC(=O)/C(=N\OCC3CC3)c3csc(N)n3)[C@@H]2SC1. The van der Waals surface area contributed by atoms with Gasteiger partial charge in [-0.1, -0.05) is 17.3 Å². The Balaban J connectivity index is 1.46. The van der Waals surface area contributed by atoms with Crippen LogP contribution in [0.4, 0.5) is 5.13 Å². The average Bonchev–Trinajstić information content (AvgIpc) is 3.62. The van der Waals surface area contributed by atoms with E-state index in [0.29, 0.717) is 23.9 Å².